The average Bonchev–Trinajstić information content (AvgIpc) is 2.80. The van der Waals surface area contributed by atoms with E-state index >= 15 is 0 Å². The first-order chi connectivity index (χ1) is 9.22. The summed E-state index contributed by atoms with van der Waals surface area (Å²) in [5, 5.41) is 13.9. The van der Waals surface area contributed by atoms with Crippen LogP contribution in [0.3, 0.4) is 0 Å². The van der Waals surface area contributed by atoms with Crippen LogP contribution >= 0.6 is 0 Å². The Balaban J connectivity index is 1.82. The molecule has 0 radical (unpaired) electrons. The third kappa shape index (κ3) is 2.50. The lowest BCUT2D eigenvalue weighted by molar-refractivity contribution is -0.384. The van der Waals surface area contributed by atoms with Crippen LogP contribution in [0.5, 0.6) is 0 Å². The van der Waals surface area contributed by atoms with Gasteiger partial charge in [-0.2, -0.15) is 4.98 Å². The number of aromatic nitrogens is 1. The predicted octanol–water partition coefficient (Wildman–Crippen LogP) is 2.33. The molecule has 100 valence electrons. The number of rotatable bonds is 3. The van der Waals surface area contributed by atoms with Crippen LogP contribution in [0.25, 0.3) is 11.1 Å². The second-order valence-electron chi connectivity index (χ2n) is 4.46. The summed E-state index contributed by atoms with van der Waals surface area (Å²) in [7, 11) is 0. The summed E-state index contributed by atoms with van der Waals surface area (Å²) in [6, 6.07) is 5.06. The summed E-state index contributed by atoms with van der Waals surface area (Å²) < 4.78 is 10.8. The molecular weight excluding hydrogens is 250 g/mol. The normalized spacial score (nSPS) is 16.6. The highest BCUT2D eigenvalue weighted by Gasteiger charge is 2.17. The van der Waals surface area contributed by atoms with Gasteiger partial charge >= 0.3 is 0 Å². The van der Waals surface area contributed by atoms with Crippen molar-refractivity contribution < 1.29 is 14.1 Å². The lowest BCUT2D eigenvalue weighted by atomic mass is 10.1. The number of oxazole rings is 1. The van der Waals surface area contributed by atoms with E-state index in [2.05, 4.69) is 10.3 Å². The smallest absolute Gasteiger partial charge is 0.295 e. The van der Waals surface area contributed by atoms with Crippen molar-refractivity contribution in [2.75, 3.05) is 18.5 Å². The minimum absolute atomic E-state index is 0.0124. The van der Waals surface area contributed by atoms with Crippen LogP contribution in [0.15, 0.2) is 22.6 Å². The van der Waals surface area contributed by atoms with Crippen molar-refractivity contribution in [3.05, 3.63) is 28.3 Å². The van der Waals surface area contributed by atoms with Gasteiger partial charge in [0.2, 0.25) is 0 Å². The molecule has 1 aliphatic heterocycles. The summed E-state index contributed by atoms with van der Waals surface area (Å²) in [5.41, 5.74) is 1.04. The fourth-order valence-electron chi connectivity index (χ4n) is 2.11. The maximum atomic E-state index is 10.7. The molecule has 1 aliphatic rings. The SMILES string of the molecule is O=[N+]([O-])c1ccc2oc(NC3CCOCC3)nc2c1. The summed E-state index contributed by atoms with van der Waals surface area (Å²) in [4.78, 5) is 14.5. The van der Waals surface area contributed by atoms with Gasteiger partial charge in [-0.3, -0.25) is 10.1 Å². The zero-order valence-electron chi connectivity index (χ0n) is 10.2. The molecule has 0 atom stereocenters. The van der Waals surface area contributed by atoms with Crippen molar-refractivity contribution in [3.63, 3.8) is 0 Å². The van der Waals surface area contributed by atoms with Crippen LogP contribution in [0.4, 0.5) is 11.7 Å². The van der Waals surface area contributed by atoms with E-state index in [0.29, 0.717) is 17.1 Å². The van der Waals surface area contributed by atoms with E-state index in [1.54, 1.807) is 6.07 Å². The van der Waals surface area contributed by atoms with Crippen LogP contribution in [-0.4, -0.2) is 29.2 Å². The summed E-state index contributed by atoms with van der Waals surface area (Å²) in [6.07, 6.45) is 1.80. The molecule has 19 heavy (non-hydrogen) atoms. The van der Waals surface area contributed by atoms with Gasteiger partial charge in [0.1, 0.15) is 5.52 Å². The molecule has 0 bridgehead atoms. The van der Waals surface area contributed by atoms with Crippen LogP contribution in [0, 0.1) is 10.1 Å². The number of nitrogens with one attached hydrogen (secondary N) is 1. The molecule has 1 N–H and O–H groups in total. The van der Waals surface area contributed by atoms with Gasteiger partial charge in [-0.15, -0.1) is 0 Å². The first kappa shape index (κ1) is 11.9. The maximum Gasteiger partial charge on any atom is 0.295 e. The van der Waals surface area contributed by atoms with Gasteiger partial charge in [-0.1, -0.05) is 0 Å². The fourth-order valence-corrected chi connectivity index (χ4v) is 2.11. The monoisotopic (exact) mass is 263 g/mol. The number of nitro groups is 1. The Hall–Kier alpha value is -2.15. The zero-order valence-corrected chi connectivity index (χ0v) is 10.2. The van der Waals surface area contributed by atoms with Crippen molar-refractivity contribution in [3.8, 4) is 0 Å². The Labute approximate surface area is 108 Å². The Morgan fingerprint density at radius 3 is 2.89 bits per heavy atom. The van der Waals surface area contributed by atoms with Gasteiger partial charge in [0.25, 0.3) is 11.7 Å². The Morgan fingerprint density at radius 1 is 1.37 bits per heavy atom. The second-order valence-corrected chi connectivity index (χ2v) is 4.46. The van der Waals surface area contributed by atoms with Gasteiger partial charge in [-0.05, 0) is 18.9 Å². The molecule has 1 saturated heterocycles. The number of non-ortho nitro benzene ring substituents is 1. The Bertz CT molecular complexity index is 604. The highest BCUT2D eigenvalue weighted by atomic mass is 16.6. The van der Waals surface area contributed by atoms with Gasteiger partial charge in [-0.25, -0.2) is 0 Å². The van der Waals surface area contributed by atoms with E-state index in [1.165, 1.54) is 12.1 Å². The van der Waals surface area contributed by atoms with Gasteiger partial charge in [0.05, 0.1) is 4.92 Å². The first-order valence-corrected chi connectivity index (χ1v) is 6.11. The standard InChI is InChI=1S/C12H13N3O4/c16-15(17)9-1-2-11-10(7-9)14-12(19-11)13-8-3-5-18-6-4-8/h1-2,7-8H,3-6H2,(H,13,14). The fraction of sp³-hybridized carbons (Fsp3) is 0.417. The minimum Gasteiger partial charge on any atom is -0.424 e. The topological polar surface area (TPSA) is 90.4 Å². The van der Waals surface area contributed by atoms with Crippen LogP contribution in [-0.2, 0) is 4.74 Å². The van der Waals surface area contributed by atoms with Gasteiger partial charge < -0.3 is 14.5 Å². The van der Waals surface area contributed by atoms with Crippen LogP contribution < -0.4 is 5.32 Å². The summed E-state index contributed by atoms with van der Waals surface area (Å²) in [6.45, 7) is 1.45. The van der Waals surface area contributed by atoms with Crippen molar-refractivity contribution in [1.82, 2.24) is 4.98 Å². The molecule has 2 heterocycles. The number of nitro benzene ring substituents is 1. The minimum atomic E-state index is -0.445. The number of hydrogen-bond acceptors (Lipinski definition) is 6. The molecule has 2 aromatic rings. The highest BCUT2D eigenvalue weighted by molar-refractivity contribution is 5.77. The second kappa shape index (κ2) is 4.85. The molecule has 0 unspecified atom stereocenters. The number of anilines is 1. The third-order valence-corrected chi connectivity index (χ3v) is 3.13. The van der Waals surface area contributed by atoms with E-state index in [9.17, 15) is 10.1 Å². The van der Waals surface area contributed by atoms with E-state index in [-0.39, 0.29) is 11.7 Å². The van der Waals surface area contributed by atoms with Gasteiger partial charge in [0, 0.05) is 31.4 Å². The number of hydrogen-bond donors (Lipinski definition) is 1. The molecule has 0 spiro atoms. The molecule has 0 aliphatic carbocycles. The molecular formula is C12H13N3O4. The molecule has 7 heteroatoms. The number of benzene rings is 1. The lowest BCUT2D eigenvalue weighted by Gasteiger charge is -2.21. The Kier molecular flexibility index (Phi) is 3.04. The van der Waals surface area contributed by atoms with Crippen molar-refractivity contribution in [2.45, 2.75) is 18.9 Å². The maximum absolute atomic E-state index is 10.7. The van der Waals surface area contributed by atoms with Crippen molar-refractivity contribution in [1.29, 1.82) is 0 Å². The van der Waals surface area contributed by atoms with Crippen LogP contribution in [0.2, 0.25) is 0 Å². The quantitative estimate of drug-likeness (QED) is 0.675. The predicted molar refractivity (Wildman–Crippen MR) is 68.1 cm³/mol. The largest absolute Gasteiger partial charge is 0.424 e. The molecule has 1 aromatic carbocycles. The van der Waals surface area contributed by atoms with Crippen LogP contribution in [0.1, 0.15) is 12.8 Å². The average molecular weight is 263 g/mol. The summed E-state index contributed by atoms with van der Waals surface area (Å²) >= 11 is 0. The highest BCUT2D eigenvalue weighted by Crippen LogP contribution is 2.24. The number of nitrogens with zero attached hydrogens (tertiary/aromatic N) is 2. The number of ether oxygens (including phenoxy) is 1. The van der Waals surface area contributed by atoms with Gasteiger partial charge in [0.15, 0.2) is 5.58 Å². The summed E-state index contributed by atoms with van der Waals surface area (Å²) in [5.74, 6) is 0. The van der Waals surface area contributed by atoms with E-state index in [1.807, 2.05) is 0 Å². The third-order valence-electron chi connectivity index (χ3n) is 3.13. The van der Waals surface area contributed by atoms with Crippen molar-refractivity contribution in [2.24, 2.45) is 0 Å². The van der Waals surface area contributed by atoms with E-state index in [4.69, 9.17) is 9.15 Å². The molecule has 7 nitrogen and oxygen atoms in total. The van der Waals surface area contributed by atoms with E-state index in [0.717, 1.165) is 26.1 Å². The molecule has 1 fully saturated rings. The number of fused-ring (bicyclic) bond motifs is 1. The molecule has 0 saturated carbocycles. The zero-order chi connectivity index (χ0) is 13.2. The molecule has 0 amide bonds. The Morgan fingerprint density at radius 2 is 2.16 bits per heavy atom. The molecule has 3 rings (SSSR count). The molecule has 1 aromatic heterocycles. The lowest BCUT2D eigenvalue weighted by Crippen LogP contribution is -2.27. The van der Waals surface area contributed by atoms with E-state index < -0.39 is 4.92 Å². The first-order valence-electron chi connectivity index (χ1n) is 6.11. The van der Waals surface area contributed by atoms with Crippen molar-refractivity contribution >= 4 is 22.8 Å².